The van der Waals surface area contributed by atoms with Crippen molar-refractivity contribution in [3.8, 4) is 0 Å². The molecule has 0 bridgehead atoms. The van der Waals surface area contributed by atoms with E-state index in [0.717, 1.165) is 19.6 Å². The molecule has 0 aromatic heterocycles. The molecule has 2 unspecified atom stereocenters. The van der Waals surface area contributed by atoms with Gasteiger partial charge in [0.05, 0.1) is 31.6 Å². The van der Waals surface area contributed by atoms with E-state index in [4.69, 9.17) is 9.47 Å². The molecule has 1 heterocycles. The minimum Gasteiger partial charge on any atom is -0.465 e. The lowest BCUT2D eigenvalue weighted by molar-refractivity contribution is 0.0601. The quantitative estimate of drug-likeness (QED) is 0.811. The summed E-state index contributed by atoms with van der Waals surface area (Å²) in [6.07, 6.45) is 0.817. The van der Waals surface area contributed by atoms with Crippen molar-refractivity contribution in [2.24, 2.45) is 0 Å². The molecule has 1 aliphatic heterocycles. The number of carbonyl (C=O) groups is 1. The summed E-state index contributed by atoms with van der Waals surface area (Å²) in [5.74, 6) is -0.875. The van der Waals surface area contributed by atoms with E-state index in [1.165, 1.54) is 25.3 Å². The fraction of sp³-hybridized carbons (Fsp3) is 0.533. The van der Waals surface area contributed by atoms with Crippen molar-refractivity contribution in [1.82, 2.24) is 5.32 Å². The van der Waals surface area contributed by atoms with E-state index >= 15 is 0 Å². The standard InChI is InChI=1S/C15H21FN2O3/c1-10(7-12-9-21-6-5-17-12)18-14-8-11(16)3-4-13(14)15(19)20-2/h3-4,8,10,12,17-18H,5-7,9H2,1-2H3. The predicted octanol–water partition coefficient (Wildman–Crippen LogP) is 1.79. The molecule has 1 aromatic rings. The number of carbonyl (C=O) groups excluding carboxylic acids is 1. The lowest BCUT2D eigenvalue weighted by atomic mass is 10.1. The van der Waals surface area contributed by atoms with Gasteiger partial charge in [-0.15, -0.1) is 0 Å². The molecule has 0 amide bonds. The number of ether oxygens (including phenoxy) is 2. The number of nitrogens with one attached hydrogen (secondary N) is 2. The Balaban J connectivity index is 2.03. The van der Waals surface area contributed by atoms with Gasteiger partial charge < -0.3 is 20.1 Å². The Morgan fingerprint density at radius 2 is 2.43 bits per heavy atom. The normalized spacial score (nSPS) is 19.9. The Labute approximate surface area is 123 Å². The van der Waals surface area contributed by atoms with E-state index in [1.807, 2.05) is 6.92 Å². The molecular weight excluding hydrogens is 275 g/mol. The fourth-order valence-electron chi connectivity index (χ4n) is 2.45. The minimum absolute atomic E-state index is 0.0643. The van der Waals surface area contributed by atoms with Crippen molar-refractivity contribution in [2.75, 3.05) is 32.2 Å². The van der Waals surface area contributed by atoms with Gasteiger partial charge >= 0.3 is 5.97 Å². The molecule has 1 fully saturated rings. The maximum absolute atomic E-state index is 13.4. The smallest absolute Gasteiger partial charge is 0.339 e. The number of esters is 1. The van der Waals surface area contributed by atoms with E-state index in [0.29, 0.717) is 17.9 Å². The van der Waals surface area contributed by atoms with Crippen molar-refractivity contribution in [2.45, 2.75) is 25.4 Å². The minimum atomic E-state index is -0.483. The van der Waals surface area contributed by atoms with Gasteiger partial charge in [0.1, 0.15) is 5.82 Å². The third-order valence-corrected chi connectivity index (χ3v) is 3.43. The summed E-state index contributed by atoms with van der Waals surface area (Å²) in [6.45, 7) is 4.22. The zero-order valence-corrected chi connectivity index (χ0v) is 12.3. The number of anilines is 1. The molecule has 0 spiro atoms. The average Bonchev–Trinajstić information content (AvgIpc) is 2.47. The van der Waals surface area contributed by atoms with E-state index in [2.05, 4.69) is 10.6 Å². The number of rotatable bonds is 5. The zero-order valence-electron chi connectivity index (χ0n) is 12.3. The van der Waals surface area contributed by atoms with Crippen molar-refractivity contribution >= 4 is 11.7 Å². The van der Waals surface area contributed by atoms with E-state index in [9.17, 15) is 9.18 Å². The molecule has 2 rings (SSSR count). The molecular formula is C15H21FN2O3. The van der Waals surface area contributed by atoms with Crippen LogP contribution in [0.1, 0.15) is 23.7 Å². The van der Waals surface area contributed by atoms with Crippen LogP contribution in [0, 0.1) is 5.82 Å². The van der Waals surface area contributed by atoms with Crippen LogP contribution in [0.2, 0.25) is 0 Å². The molecule has 116 valence electrons. The van der Waals surface area contributed by atoms with Crippen LogP contribution in [0.25, 0.3) is 0 Å². The topological polar surface area (TPSA) is 59.6 Å². The number of benzene rings is 1. The molecule has 1 aromatic carbocycles. The highest BCUT2D eigenvalue weighted by atomic mass is 19.1. The molecule has 0 saturated carbocycles. The fourth-order valence-corrected chi connectivity index (χ4v) is 2.45. The van der Waals surface area contributed by atoms with Gasteiger partial charge in [-0.05, 0) is 31.5 Å². The van der Waals surface area contributed by atoms with E-state index in [1.54, 1.807) is 0 Å². The molecule has 2 atom stereocenters. The molecule has 1 aliphatic rings. The lowest BCUT2D eigenvalue weighted by Gasteiger charge is -2.27. The summed E-state index contributed by atoms with van der Waals surface area (Å²) < 4.78 is 23.5. The summed E-state index contributed by atoms with van der Waals surface area (Å²) in [5, 5.41) is 6.54. The summed E-state index contributed by atoms with van der Waals surface area (Å²) in [6, 6.07) is 4.32. The lowest BCUT2D eigenvalue weighted by Crippen LogP contribution is -2.43. The van der Waals surface area contributed by atoms with Crippen molar-refractivity contribution < 1.29 is 18.7 Å². The SMILES string of the molecule is COC(=O)c1ccc(F)cc1NC(C)CC1COCCN1. The molecule has 21 heavy (non-hydrogen) atoms. The third-order valence-electron chi connectivity index (χ3n) is 3.43. The number of methoxy groups -OCH3 is 1. The molecule has 0 aliphatic carbocycles. The first kappa shape index (κ1) is 15.7. The predicted molar refractivity (Wildman–Crippen MR) is 78.1 cm³/mol. The van der Waals surface area contributed by atoms with Crippen LogP contribution >= 0.6 is 0 Å². The zero-order chi connectivity index (χ0) is 15.2. The second-order valence-corrected chi connectivity index (χ2v) is 5.19. The molecule has 2 N–H and O–H groups in total. The first-order valence-corrected chi connectivity index (χ1v) is 7.05. The van der Waals surface area contributed by atoms with Crippen LogP contribution < -0.4 is 10.6 Å². The Kier molecular flexibility index (Phi) is 5.52. The Morgan fingerprint density at radius 3 is 3.10 bits per heavy atom. The van der Waals surface area contributed by atoms with Crippen LogP contribution in [-0.4, -0.2) is 44.9 Å². The Bertz CT molecular complexity index is 490. The summed E-state index contributed by atoms with van der Waals surface area (Å²) in [4.78, 5) is 11.7. The van der Waals surface area contributed by atoms with Crippen molar-refractivity contribution in [3.63, 3.8) is 0 Å². The van der Waals surface area contributed by atoms with Crippen LogP contribution in [-0.2, 0) is 9.47 Å². The van der Waals surface area contributed by atoms with Gasteiger partial charge in [-0.25, -0.2) is 9.18 Å². The third kappa shape index (κ3) is 4.41. The van der Waals surface area contributed by atoms with Gasteiger partial charge in [0, 0.05) is 18.6 Å². The summed E-state index contributed by atoms with van der Waals surface area (Å²) in [5.41, 5.74) is 0.782. The van der Waals surface area contributed by atoms with Crippen LogP contribution in [0.15, 0.2) is 18.2 Å². The summed E-state index contributed by atoms with van der Waals surface area (Å²) >= 11 is 0. The molecule has 1 saturated heterocycles. The van der Waals surface area contributed by atoms with Crippen molar-refractivity contribution in [1.29, 1.82) is 0 Å². The number of morpholine rings is 1. The van der Waals surface area contributed by atoms with Gasteiger partial charge in [-0.1, -0.05) is 0 Å². The first-order chi connectivity index (χ1) is 10.1. The highest BCUT2D eigenvalue weighted by Gasteiger charge is 2.18. The van der Waals surface area contributed by atoms with Gasteiger partial charge in [-0.3, -0.25) is 0 Å². The maximum Gasteiger partial charge on any atom is 0.339 e. The largest absolute Gasteiger partial charge is 0.465 e. The van der Waals surface area contributed by atoms with Crippen molar-refractivity contribution in [3.05, 3.63) is 29.6 Å². The van der Waals surface area contributed by atoms with Crippen LogP contribution in [0.4, 0.5) is 10.1 Å². The number of hydrogen-bond acceptors (Lipinski definition) is 5. The highest BCUT2D eigenvalue weighted by Crippen LogP contribution is 2.20. The highest BCUT2D eigenvalue weighted by molar-refractivity contribution is 5.95. The van der Waals surface area contributed by atoms with Crippen LogP contribution in [0.5, 0.6) is 0 Å². The van der Waals surface area contributed by atoms with Gasteiger partial charge in [0.2, 0.25) is 0 Å². The Morgan fingerprint density at radius 1 is 1.62 bits per heavy atom. The van der Waals surface area contributed by atoms with Crippen LogP contribution in [0.3, 0.4) is 0 Å². The van der Waals surface area contributed by atoms with Gasteiger partial charge in [0.25, 0.3) is 0 Å². The second-order valence-electron chi connectivity index (χ2n) is 5.19. The average molecular weight is 296 g/mol. The Hall–Kier alpha value is -1.66. The van der Waals surface area contributed by atoms with E-state index < -0.39 is 11.8 Å². The monoisotopic (exact) mass is 296 g/mol. The van der Waals surface area contributed by atoms with E-state index in [-0.39, 0.29) is 12.1 Å². The molecule has 5 nitrogen and oxygen atoms in total. The second kappa shape index (κ2) is 7.38. The first-order valence-electron chi connectivity index (χ1n) is 7.05. The number of halogens is 1. The molecule has 6 heteroatoms. The van der Waals surface area contributed by atoms with Gasteiger partial charge in [-0.2, -0.15) is 0 Å². The summed E-state index contributed by atoms with van der Waals surface area (Å²) in [7, 11) is 1.31. The molecule has 0 radical (unpaired) electrons. The van der Waals surface area contributed by atoms with Gasteiger partial charge in [0.15, 0.2) is 0 Å². The number of hydrogen-bond donors (Lipinski definition) is 2. The maximum atomic E-state index is 13.4.